The summed E-state index contributed by atoms with van der Waals surface area (Å²) < 4.78 is 23.8. The lowest BCUT2D eigenvalue weighted by molar-refractivity contribution is -0.141. The molecule has 0 saturated carbocycles. The Morgan fingerprint density at radius 2 is 1.74 bits per heavy atom. The summed E-state index contributed by atoms with van der Waals surface area (Å²) in [4.78, 5) is 14.1. The maximum atomic E-state index is 12.0. The smallest absolute Gasteiger partial charge is 0.308 e. The van der Waals surface area contributed by atoms with Crippen molar-refractivity contribution in [2.45, 2.75) is 17.4 Å². The van der Waals surface area contributed by atoms with Crippen molar-refractivity contribution in [3.8, 4) is 11.1 Å². The molecule has 0 amide bonds. The minimum atomic E-state index is -3.85. The highest BCUT2D eigenvalue weighted by Crippen LogP contribution is 2.34. The van der Waals surface area contributed by atoms with Gasteiger partial charge in [-0.05, 0) is 28.8 Å². The third-order valence-electron chi connectivity index (χ3n) is 6.20. The summed E-state index contributed by atoms with van der Waals surface area (Å²) in [6.07, 6.45) is 0. The molecule has 4 rings (SSSR count). The second-order valence-electron chi connectivity index (χ2n) is 8.52. The number of sulfonamides is 1. The third kappa shape index (κ3) is 5.01. The Bertz CT molecular complexity index is 1340. The number of amidine groups is 1. The molecule has 6 N–H and O–H groups in total. The Balaban J connectivity index is 1.53. The lowest BCUT2D eigenvalue weighted by atomic mass is 9.88. The van der Waals surface area contributed by atoms with Crippen molar-refractivity contribution in [2.75, 3.05) is 13.1 Å². The summed E-state index contributed by atoms with van der Waals surface area (Å²) in [6, 6.07) is 21.3. The van der Waals surface area contributed by atoms with Crippen molar-refractivity contribution >= 4 is 21.8 Å². The van der Waals surface area contributed by atoms with Crippen LogP contribution < -0.4 is 10.9 Å². The molecule has 0 radical (unpaired) electrons. The van der Waals surface area contributed by atoms with Crippen LogP contribution in [0.15, 0.2) is 77.7 Å². The van der Waals surface area contributed by atoms with Crippen molar-refractivity contribution in [3.63, 3.8) is 0 Å². The number of carboxylic acids is 1. The zero-order chi connectivity index (χ0) is 24.5. The van der Waals surface area contributed by atoms with E-state index < -0.39 is 21.9 Å². The molecule has 176 valence electrons. The summed E-state index contributed by atoms with van der Waals surface area (Å²) in [5.41, 5.74) is 9.30. The Morgan fingerprint density at radius 3 is 2.38 bits per heavy atom. The van der Waals surface area contributed by atoms with Crippen molar-refractivity contribution in [3.05, 3.63) is 89.5 Å². The molecule has 1 heterocycles. The van der Waals surface area contributed by atoms with Crippen LogP contribution in [0.1, 0.15) is 22.6 Å². The number of carboxylic acid groups (broad SMARTS) is 1. The third-order valence-corrected chi connectivity index (χ3v) is 7.17. The highest BCUT2D eigenvalue weighted by Gasteiger charge is 2.38. The van der Waals surface area contributed by atoms with Gasteiger partial charge in [0.15, 0.2) is 0 Å². The number of carbonyl (C=O) groups is 1. The number of benzene rings is 3. The van der Waals surface area contributed by atoms with Gasteiger partial charge in [0.1, 0.15) is 5.84 Å². The fourth-order valence-electron chi connectivity index (χ4n) is 4.54. The minimum absolute atomic E-state index is 0.0484. The van der Waals surface area contributed by atoms with Crippen molar-refractivity contribution in [1.82, 2.24) is 4.90 Å². The maximum absolute atomic E-state index is 12.0. The number of hydrogen-bond donors (Lipinski definition) is 4. The fraction of sp³-hybridized carbons (Fsp3) is 0.200. The lowest BCUT2D eigenvalue weighted by Crippen LogP contribution is -2.23. The second kappa shape index (κ2) is 9.38. The number of hydrogen-bond acceptors (Lipinski definition) is 5. The van der Waals surface area contributed by atoms with Gasteiger partial charge < -0.3 is 10.8 Å². The normalized spacial score (nSPS) is 18.6. The van der Waals surface area contributed by atoms with Gasteiger partial charge in [-0.3, -0.25) is 15.1 Å². The number of rotatable bonds is 7. The molecular formula is C25H26N4O4S. The summed E-state index contributed by atoms with van der Waals surface area (Å²) in [7, 11) is -3.85. The molecule has 0 aliphatic carbocycles. The molecule has 0 bridgehead atoms. The van der Waals surface area contributed by atoms with Crippen LogP contribution in [0.5, 0.6) is 0 Å². The molecule has 3 aromatic carbocycles. The SMILES string of the molecule is N=C(N)c1cccc([C@H]2CN(Cc3ccc(-c4ccccc4S(N)(=O)=O)cc3)C[C@@H]2C(=O)O)c1. The molecule has 1 fully saturated rings. The molecule has 3 aromatic rings. The zero-order valence-corrected chi connectivity index (χ0v) is 19.2. The molecule has 1 saturated heterocycles. The first kappa shape index (κ1) is 23.6. The maximum Gasteiger partial charge on any atom is 0.308 e. The fourth-order valence-corrected chi connectivity index (χ4v) is 5.30. The van der Waals surface area contributed by atoms with Gasteiger partial charge in [0, 0.05) is 36.7 Å². The van der Waals surface area contributed by atoms with Gasteiger partial charge >= 0.3 is 5.97 Å². The second-order valence-corrected chi connectivity index (χ2v) is 10.1. The van der Waals surface area contributed by atoms with E-state index in [1.165, 1.54) is 6.07 Å². The van der Waals surface area contributed by atoms with Gasteiger partial charge in [-0.15, -0.1) is 0 Å². The molecule has 8 nitrogen and oxygen atoms in total. The standard InChI is InChI=1S/C25H26N4O4S/c26-24(27)19-5-3-4-18(12-19)21-14-29(15-22(21)25(30)31)13-16-8-10-17(11-9-16)20-6-1-2-7-23(20)34(28,32)33/h1-12,21-22H,13-15H2,(H3,26,27)(H,30,31)(H2,28,32,33)/t21-,22+/m1/s1. The van der Waals surface area contributed by atoms with Gasteiger partial charge in [-0.2, -0.15) is 0 Å². The molecule has 1 aliphatic heterocycles. The summed E-state index contributed by atoms with van der Waals surface area (Å²) in [6.45, 7) is 1.53. The quantitative estimate of drug-likeness (QED) is 0.303. The van der Waals surface area contributed by atoms with Crippen LogP contribution in [0.4, 0.5) is 0 Å². The average Bonchev–Trinajstić information content (AvgIpc) is 3.23. The van der Waals surface area contributed by atoms with E-state index in [4.69, 9.17) is 16.3 Å². The summed E-state index contributed by atoms with van der Waals surface area (Å²) in [5, 5.41) is 22.8. The number of nitrogens with one attached hydrogen (secondary N) is 1. The van der Waals surface area contributed by atoms with E-state index >= 15 is 0 Å². The Morgan fingerprint density at radius 1 is 1.03 bits per heavy atom. The summed E-state index contributed by atoms with van der Waals surface area (Å²) in [5.74, 6) is -1.68. The lowest BCUT2D eigenvalue weighted by Gasteiger charge is -2.17. The van der Waals surface area contributed by atoms with E-state index in [0.717, 1.165) is 16.7 Å². The Labute approximate surface area is 198 Å². The summed E-state index contributed by atoms with van der Waals surface area (Å²) >= 11 is 0. The predicted octanol–water partition coefficient (Wildman–Crippen LogP) is 2.59. The Hall–Kier alpha value is -3.53. The van der Waals surface area contributed by atoms with E-state index in [0.29, 0.717) is 30.8 Å². The molecule has 1 aliphatic rings. The predicted molar refractivity (Wildman–Crippen MR) is 130 cm³/mol. The van der Waals surface area contributed by atoms with E-state index in [9.17, 15) is 18.3 Å². The zero-order valence-electron chi connectivity index (χ0n) is 18.4. The molecule has 9 heteroatoms. The van der Waals surface area contributed by atoms with Gasteiger partial charge in [0.2, 0.25) is 10.0 Å². The van der Waals surface area contributed by atoms with E-state index in [-0.39, 0.29) is 16.6 Å². The number of nitrogens with zero attached hydrogens (tertiary/aromatic N) is 1. The highest BCUT2D eigenvalue weighted by molar-refractivity contribution is 7.89. The van der Waals surface area contributed by atoms with Gasteiger partial charge in [0.25, 0.3) is 0 Å². The molecular weight excluding hydrogens is 452 g/mol. The van der Waals surface area contributed by atoms with Gasteiger partial charge in [0.05, 0.1) is 10.8 Å². The molecule has 34 heavy (non-hydrogen) atoms. The number of nitrogen functional groups attached to an aromatic ring is 1. The number of aliphatic carboxylic acids is 1. The number of primary sulfonamides is 1. The largest absolute Gasteiger partial charge is 0.481 e. The van der Waals surface area contributed by atoms with E-state index in [1.807, 2.05) is 30.3 Å². The monoisotopic (exact) mass is 478 g/mol. The highest BCUT2D eigenvalue weighted by atomic mass is 32.2. The number of likely N-dealkylation sites (tertiary alicyclic amines) is 1. The van der Waals surface area contributed by atoms with Crippen molar-refractivity contribution in [2.24, 2.45) is 16.8 Å². The first-order valence-electron chi connectivity index (χ1n) is 10.7. The van der Waals surface area contributed by atoms with Crippen LogP contribution in [-0.4, -0.2) is 43.3 Å². The van der Waals surface area contributed by atoms with Crippen LogP contribution in [-0.2, 0) is 21.4 Å². The van der Waals surface area contributed by atoms with Gasteiger partial charge in [-0.1, -0.05) is 60.7 Å². The van der Waals surface area contributed by atoms with E-state index in [1.54, 1.807) is 36.4 Å². The van der Waals surface area contributed by atoms with Crippen LogP contribution in [0.2, 0.25) is 0 Å². The molecule has 0 spiro atoms. The minimum Gasteiger partial charge on any atom is -0.481 e. The first-order valence-corrected chi connectivity index (χ1v) is 12.3. The van der Waals surface area contributed by atoms with Crippen LogP contribution in [0, 0.1) is 11.3 Å². The molecule has 0 aromatic heterocycles. The van der Waals surface area contributed by atoms with Crippen LogP contribution >= 0.6 is 0 Å². The first-order chi connectivity index (χ1) is 16.1. The Kier molecular flexibility index (Phi) is 6.52. The van der Waals surface area contributed by atoms with Crippen LogP contribution in [0.3, 0.4) is 0 Å². The average molecular weight is 479 g/mol. The molecule has 2 atom stereocenters. The van der Waals surface area contributed by atoms with E-state index in [2.05, 4.69) is 4.90 Å². The van der Waals surface area contributed by atoms with Crippen molar-refractivity contribution in [1.29, 1.82) is 5.41 Å². The number of nitrogens with two attached hydrogens (primary N) is 2. The molecule has 0 unspecified atom stereocenters. The topological polar surface area (TPSA) is 151 Å². The van der Waals surface area contributed by atoms with Crippen molar-refractivity contribution < 1.29 is 18.3 Å². The van der Waals surface area contributed by atoms with Gasteiger partial charge in [-0.25, -0.2) is 13.6 Å². The van der Waals surface area contributed by atoms with Crippen LogP contribution in [0.25, 0.3) is 11.1 Å².